The summed E-state index contributed by atoms with van der Waals surface area (Å²) in [5.74, 6) is 0.800. The molecule has 0 aliphatic rings. The van der Waals surface area contributed by atoms with Crippen LogP contribution in [0, 0.1) is 3.70 Å². The Hall–Kier alpha value is -1.54. The first kappa shape index (κ1) is 15.4. The molecule has 0 saturated heterocycles. The number of aromatic amines is 1. The fraction of sp³-hybridized carbons (Fsp3) is 0.125. The van der Waals surface area contributed by atoms with E-state index in [9.17, 15) is 4.79 Å². The number of benzene rings is 2. The summed E-state index contributed by atoms with van der Waals surface area (Å²) in [6.07, 6.45) is 0. The van der Waals surface area contributed by atoms with E-state index in [1.807, 2.05) is 30.3 Å². The van der Waals surface area contributed by atoms with Crippen molar-refractivity contribution in [1.82, 2.24) is 15.5 Å². The van der Waals surface area contributed by atoms with E-state index in [-0.39, 0.29) is 5.91 Å². The van der Waals surface area contributed by atoms with Gasteiger partial charge in [-0.15, -0.1) is 11.8 Å². The second-order valence-electron chi connectivity index (χ2n) is 4.69. The summed E-state index contributed by atoms with van der Waals surface area (Å²) in [7, 11) is 0. The minimum atomic E-state index is -0.0486. The number of fused-ring (bicyclic) bond motifs is 1. The second-order valence-corrected chi connectivity index (χ2v) is 6.93. The highest BCUT2D eigenvalue weighted by molar-refractivity contribution is 14.1. The van der Waals surface area contributed by atoms with Crippen LogP contribution in [0.4, 0.5) is 0 Å². The summed E-state index contributed by atoms with van der Waals surface area (Å²) in [4.78, 5) is 13.4. The van der Waals surface area contributed by atoms with Gasteiger partial charge in [-0.3, -0.25) is 9.89 Å². The van der Waals surface area contributed by atoms with Crippen molar-refractivity contribution in [3.05, 3.63) is 57.8 Å². The van der Waals surface area contributed by atoms with Crippen molar-refractivity contribution in [3.63, 3.8) is 0 Å². The van der Waals surface area contributed by atoms with Crippen LogP contribution in [0.5, 0.6) is 0 Å². The Morgan fingerprint density at radius 3 is 2.86 bits per heavy atom. The molecule has 0 radical (unpaired) electrons. The lowest BCUT2D eigenvalue weighted by atomic mass is 10.1. The second kappa shape index (κ2) is 7.15. The van der Waals surface area contributed by atoms with Gasteiger partial charge < -0.3 is 5.32 Å². The van der Waals surface area contributed by atoms with Gasteiger partial charge in [-0.05, 0) is 52.9 Å². The standard InChI is InChI=1S/C16H14IN3OS/c17-15-13-10-11(6-7-14(13)19-20-15)16(21)18-8-9-22-12-4-2-1-3-5-12/h1-7,10H,8-9H2,(H,18,21)(H,19,20). The molecule has 0 unspecified atom stereocenters. The zero-order chi connectivity index (χ0) is 15.4. The highest BCUT2D eigenvalue weighted by Crippen LogP contribution is 2.19. The minimum absolute atomic E-state index is 0.0486. The third-order valence-electron chi connectivity index (χ3n) is 3.17. The summed E-state index contributed by atoms with van der Waals surface area (Å²) in [6.45, 7) is 0.638. The lowest BCUT2D eigenvalue weighted by molar-refractivity contribution is 0.0956. The topological polar surface area (TPSA) is 57.8 Å². The van der Waals surface area contributed by atoms with E-state index in [0.717, 1.165) is 20.4 Å². The maximum absolute atomic E-state index is 12.2. The van der Waals surface area contributed by atoms with Gasteiger partial charge in [0, 0.05) is 28.1 Å². The van der Waals surface area contributed by atoms with Crippen molar-refractivity contribution >= 4 is 51.2 Å². The van der Waals surface area contributed by atoms with Crippen LogP contribution in [0.3, 0.4) is 0 Å². The quantitative estimate of drug-likeness (QED) is 0.374. The molecule has 0 saturated carbocycles. The Morgan fingerprint density at radius 2 is 2.05 bits per heavy atom. The van der Waals surface area contributed by atoms with Crippen molar-refractivity contribution in [2.75, 3.05) is 12.3 Å². The Morgan fingerprint density at radius 1 is 1.23 bits per heavy atom. The van der Waals surface area contributed by atoms with Crippen molar-refractivity contribution in [3.8, 4) is 0 Å². The molecule has 1 heterocycles. The van der Waals surface area contributed by atoms with Crippen LogP contribution < -0.4 is 5.32 Å². The molecular formula is C16H14IN3OS. The number of nitrogens with zero attached hydrogens (tertiary/aromatic N) is 1. The third kappa shape index (κ3) is 3.61. The number of carbonyl (C=O) groups is 1. The summed E-state index contributed by atoms with van der Waals surface area (Å²) < 4.78 is 0.946. The molecule has 0 aliphatic carbocycles. The van der Waals surface area contributed by atoms with Gasteiger partial charge in [0.25, 0.3) is 5.91 Å². The first-order chi connectivity index (χ1) is 10.7. The number of thioether (sulfide) groups is 1. The molecule has 0 aliphatic heterocycles. The van der Waals surface area contributed by atoms with E-state index in [4.69, 9.17) is 0 Å². The summed E-state index contributed by atoms with van der Waals surface area (Å²) >= 11 is 3.91. The van der Waals surface area contributed by atoms with Gasteiger partial charge in [0.15, 0.2) is 0 Å². The SMILES string of the molecule is O=C(NCCSc1ccccc1)c1ccc2n[nH]c(I)c2c1. The fourth-order valence-electron chi connectivity index (χ4n) is 2.07. The molecule has 2 N–H and O–H groups in total. The van der Waals surface area contributed by atoms with Gasteiger partial charge in [-0.2, -0.15) is 5.10 Å². The first-order valence-corrected chi connectivity index (χ1v) is 8.90. The molecule has 22 heavy (non-hydrogen) atoms. The average Bonchev–Trinajstić information content (AvgIpc) is 2.93. The van der Waals surface area contributed by atoms with E-state index in [1.165, 1.54) is 4.90 Å². The van der Waals surface area contributed by atoms with E-state index in [0.29, 0.717) is 12.1 Å². The van der Waals surface area contributed by atoms with Crippen molar-refractivity contribution in [1.29, 1.82) is 0 Å². The molecule has 0 atom stereocenters. The summed E-state index contributed by atoms with van der Waals surface area (Å²) in [5.41, 5.74) is 1.54. The molecule has 0 bridgehead atoms. The molecule has 0 spiro atoms. The van der Waals surface area contributed by atoms with Crippen LogP contribution in [0.2, 0.25) is 0 Å². The van der Waals surface area contributed by atoms with Gasteiger partial charge in [-0.1, -0.05) is 18.2 Å². The molecule has 0 fully saturated rings. The largest absolute Gasteiger partial charge is 0.351 e. The van der Waals surface area contributed by atoms with Gasteiger partial charge in [0.1, 0.15) is 3.70 Å². The first-order valence-electron chi connectivity index (χ1n) is 6.84. The van der Waals surface area contributed by atoms with Gasteiger partial charge >= 0.3 is 0 Å². The lowest BCUT2D eigenvalue weighted by Gasteiger charge is -2.05. The third-order valence-corrected chi connectivity index (χ3v) is 5.01. The number of aromatic nitrogens is 2. The number of hydrogen-bond donors (Lipinski definition) is 2. The monoisotopic (exact) mass is 423 g/mol. The van der Waals surface area contributed by atoms with E-state index < -0.39 is 0 Å². The highest BCUT2D eigenvalue weighted by atomic mass is 127. The van der Waals surface area contributed by atoms with Crippen LogP contribution in [-0.4, -0.2) is 28.4 Å². The number of hydrogen-bond acceptors (Lipinski definition) is 3. The lowest BCUT2D eigenvalue weighted by Crippen LogP contribution is -2.25. The Balaban J connectivity index is 1.55. The molecule has 4 nitrogen and oxygen atoms in total. The Labute approximate surface area is 146 Å². The number of amides is 1. The molecule has 3 aromatic rings. The highest BCUT2D eigenvalue weighted by Gasteiger charge is 2.09. The molecule has 2 aromatic carbocycles. The van der Waals surface area contributed by atoms with Crippen LogP contribution in [0.25, 0.3) is 10.9 Å². The van der Waals surface area contributed by atoms with Crippen LogP contribution >= 0.6 is 34.4 Å². The maximum atomic E-state index is 12.2. The number of H-pyrrole nitrogens is 1. The van der Waals surface area contributed by atoms with Gasteiger partial charge in [0.2, 0.25) is 0 Å². The number of halogens is 1. The predicted octanol–water partition coefficient (Wildman–Crippen LogP) is 3.69. The van der Waals surface area contributed by atoms with Crippen LogP contribution in [0.1, 0.15) is 10.4 Å². The number of nitrogens with one attached hydrogen (secondary N) is 2. The van der Waals surface area contributed by atoms with E-state index in [1.54, 1.807) is 17.8 Å². The van der Waals surface area contributed by atoms with E-state index in [2.05, 4.69) is 50.2 Å². The Kier molecular flexibility index (Phi) is 4.99. The van der Waals surface area contributed by atoms with Gasteiger partial charge in [0.05, 0.1) is 5.52 Å². The van der Waals surface area contributed by atoms with Gasteiger partial charge in [-0.25, -0.2) is 0 Å². The van der Waals surface area contributed by atoms with Crippen LogP contribution in [-0.2, 0) is 0 Å². The summed E-state index contributed by atoms with van der Waals surface area (Å²) in [6, 6.07) is 15.7. The van der Waals surface area contributed by atoms with Crippen molar-refractivity contribution in [2.24, 2.45) is 0 Å². The summed E-state index contributed by atoms with van der Waals surface area (Å²) in [5, 5.41) is 11.0. The van der Waals surface area contributed by atoms with Crippen molar-refractivity contribution in [2.45, 2.75) is 4.90 Å². The van der Waals surface area contributed by atoms with E-state index >= 15 is 0 Å². The fourth-order valence-corrected chi connectivity index (χ4v) is 3.41. The molecule has 6 heteroatoms. The van der Waals surface area contributed by atoms with Crippen LogP contribution in [0.15, 0.2) is 53.4 Å². The molecule has 1 amide bonds. The smallest absolute Gasteiger partial charge is 0.251 e. The number of carbonyl (C=O) groups excluding carboxylic acids is 1. The minimum Gasteiger partial charge on any atom is -0.351 e. The maximum Gasteiger partial charge on any atom is 0.251 e. The zero-order valence-corrected chi connectivity index (χ0v) is 14.6. The molecule has 1 aromatic heterocycles. The van der Waals surface area contributed by atoms with Crippen molar-refractivity contribution < 1.29 is 4.79 Å². The normalized spacial score (nSPS) is 10.8. The molecule has 112 valence electrons. The average molecular weight is 423 g/mol. The number of rotatable bonds is 5. The predicted molar refractivity (Wildman–Crippen MR) is 98.3 cm³/mol. The molecular weight excluding hydrogens is 409 g/mol. The Bertz CT molecular complexity index is 788. The molecule has 3 rings (SSSR count). The zero-order valence-electron chi connectivity index (χ0n) is 11.7.